The van der Waals surface area contributed by atoms with Crippen LogP contribution in [0.4, 0.5) is 15.9 Å². The summed E-state index contributed by atoms with van der Waals surface area (Å²) in [5.74, 6) is 0.340. The minimum atomic E-state index is -0.450. The molecule has 0 bridgehead atoms. The molecule has 0 saturated carbocycles. The van der Waals surface area contributed by atoms with Crippen molar-refractivity contribution in [2.24, 2.45) is 0 Å². The molecule has 1 saturated heterocycles. The van der Waals surface area contributed by atoms with Crippen molar-refractivity contribution in [1.29, 1.82) is 0 Å². The minimum Gasteiger partial charge on any atom is -0.494 e. The molecule has 0 unspecified atom stereocenters. The number of hydrogen-bond acceptors (Lipinski definition) is 4. The largest absolute Gasteiger partial charge is 0.494 e. The summed E-state index contributed by atoms with van der Waals surface area (Å²) in [6, 6.07) is 4.65. The molecule has 1 amide bonds. The number of carbonyl (C=O) groups is 1. The van der Waals surface area contributed by atoms with E-state index in [0.29, 0.717) is 17.1 Å². The van der Waals surface area contributed by atoms with Crippen LogP contribution in [0, 0.1) is 12.7 Å². The fourth-order valence-electron chi connectivity index (χ4n) is 3.45. The lowest BCUT2D eigenvalue weighted by Gasteiger charge is -2.27. The third kappa shape index (κ3) is 4.16. The first-order chi connectivity index (χ1) is 13.5. The van der Waals surface area contributed by atoms with E-state index in [4.69, 9.17) is 4.74 Å². The number of carbonyl (C=O) groups excluding carboxylic acids is 1. The molecule has 0 atom stereocenters. The average molecular weight is 383 g/mol. The molecule has 28 heavy (non-hydrogen) atoms. The Labute approximate surface area is 165 Å². The molecular formula is C22H26FN3O2. The number of piperidine rings is 1. The Bertz CT molecular complexity index is 890. The zero-order valence-electron chi connectivity index (χ0n) is 16.6. The van der Waals surface area contributed by atoms with Gasteiger partial charge in [-0.2, -0.15) is 0 Å². The van der Waals surface area contributed by atoms with Crippen LogP contribution in [0.2, 0.25) is 0 Å². The van der Waals surface area contributed by atoms with Gasteiger partial charge in [0.25, 0.3) is 5.91 Å². The molecule has 148 valence electrons. The normalized spacial score (nSPS) is 14.4. The van der Waals surface area contributed by atoms with Crippen LogP contribution >= 0.6 is 0 Å². The molecule has 1 aliphatic heterocycles. The van der Waals surface area contributed by atoms with E-state index in [1.165, 1.54) is 19.6 Å². The third-order valence-corrected chi connectivity index (χ3v) is 5.01. The van der Waals surface area contributed by atoms with E-state index in [9.17, 15) is 9.18 Å². The maximum absolute atomic E-state index is 14.0. The minimum absolute atomic E-state index is 0.0255. The highest BCUT2D eigenvalue weighted by atomic mass is 19.1. The zero-order chi connectivity index (χ0) is 20.1. The maximum Gasteiger partial charge on any atom is 0.255 e. The van der Waals surface area contributed by atoms with Gasteiger partial charge in [-0.1, -0.05) is 12.2 Å². The van der Waals surface area contributed by atoms with Crippen LogP contribution in [-0.4, -0.2) is 36.0 Å². The van der Waals surface area contributed by atoms with Crippen molar-refractivity contribution in [3.8, 4) is 5.75 Å². The quantitative estimate of drug-likeness (QED) is 0.794. The van der Waals surface area contributed by atoms with Gasteiger partial charge in [-0.05, 0) is 50.8 Å². The smallest absolute Gasteiger partial charge is 0.255 e. The number of likely N-dealkylation sites (tertiary alicyclic amines) is 1. The molecule has 3 rings (SSSR count). The van der Waals surface area contributed by atoms with Crippen LogP contribution in [0.3, 0.4) is 0 Å². The topological polar surface area (TPSA) is 54.5 Å². The zero-order valence-corrected chi connectivity index (χ0v) is 16.6. The summed E-state index contributed by atoms with van der Waals surface area (Å²) < 4.78 is 19.0. The van der Waals surface area contributed by atoms with E-state index < -0.39 is 5.82 Å². The van der Waals surface area contributed by atoms with E-state index in [0.717, 1.165) is 37.1 Å². The summed E-state index contributed by atoms with van der Waals surface area (Å²) in [5.41, 5.74) is 2.86. The fourth-order valence-corrected chi connectivity index (χ4v) is 3.45. The molecule has 1 fully saturated rings. The monoisotopic (exact) mass is 383 g/mol. The summed E-state index contributed by atoms with van der Waals surface area (Å²) in [5, 5.41) is 3.15. The van der Waals surface area contributed by atoms with E-state index in [-0.39, 0.29) is 11.7 Å². The highest BCUT2D eigenvalue weighted by Crippen LogP contribution is 2.28. The van der Waals surface area contributed by atoms with Crippen molar-refractivity contribution in [2.45, 2.75) is 33.1 Å². The van der Waals surface area contributed by atoms with Crippen molar-refractivity contribution >= 4 is 23.5 Å². The van der Waals surface area contributed by atoms with Gasteiger partial charge in [0.15, 0.2) is 11.6 Å². The molecule has 1 aliphatic rings. The summed E-state index contributed by atoms with van der Waals surface area (Å²) >= 11 is 0. The Morgan fingerprint density at radius 2 is 2.04 bits per heavy atom. The van der Waals surface area contributed by atoms with Gasteiger partial charge in [0, 0.05) is 36.6 Å². The number of pyridine rings is 1. The van der Waals surface area contributed by atoms with Crippen LogP contribution < -0.4 is 10.1 Å². The molecule has 0 spiro atoms. The van der Waals surface area contributed by atoms with Crippen LogP contribution in [0.15, 0.2) is 30.5 Å². The van der Waals surface area contributed by atoms with Crippen molar-refractivity contribution in [3.05, 3.63) is 53.0 Å². The summed E-state index contributed by atoms with van der Waals surface area (Å²) in [4.78, 5) is 19.3. The molecule has 1 aromatic heterocycles. The van der Waals surface area contributed by atoms with Crippen LogP contribution in [-0.2, 0) is 0 Å². The van der Waals surface area contributed by atoms with Crippen LogP contribution in [0.25, 0.3) is 6.08 Å². The first kappa shape index (κ1) is 19.9. The van der Waals surface area contributed by atoms with Gasteiger partial charge < -0.3 is 15.0 Å². The molecule has 1 aromatic carbocycles. The highest BCUT2D eigenvalue weighted by Gasteiger charge is 2.22. The first-order valence-corrected chi connectivity index (χ1v) is 9.57. The van der Waals surface area contributed by atoms with E-state index in [2.05, 4.69) is 10.3 Å². The predicted molar refractivity (Wildman–Crippen MR) is 110 cm³/mol. The van der Waals surface area contributed by atoms with Crippen molar-refractivity contribution in [2.75, 3.05) is 25.5 Å². The lowest BCUT2D eigenvalue weighted by molar-refractivity contribution is 0.0723. The fraction of sp³-hybridized carbons (Fsp3) is 0.364. The number of nitrogens with one attached hydrogen (secondary N) is 1. The molecule has 0 radical (unpaired) electrons. The average Bonchev–Trinajstić information content (AvgIpc) is 2.71. The van der Waals surface area contributed by atoms with Gasteiger partial charge in [-0.25, -0.2) is 9.37 Å². The molecular weight excluding hydrogens is 357 g/mol. The third-order valence-electron chi connectivity index (χ3n) is 5.01. The number of methoxy groups -OCH3 is 1. The second kappa shape index (κ2) is 8.87. The number of benzene rings is 1. The number of hydrogen-bond donors (Lipinski definition) is 1. The molecule has 2 heterocycles. The molecule has 1 N–H and O–H groups in total. The SMILES string of the molecule is C/C=C\c1c(Nc2ccc(OC)c(F)c2)ncc(C(=O)N2CCCCC2)c1C. The molecule has 5 nitrogen and oxygen atoms in total. The second-order valence-electron chi connectivity index (χ2n) is 6.89. The van der Waals surface area contributed by atoms with Gasteiger partial charge in [0.2, 0.25) is 0 Å². The molecule has 6 heteroatoms. The maximum atomic E-state index is 14.0. The Kier molecular flexibility index (Phi) is 6.29. The number of ether oxygens (including phenoxy) is 1. The van der Waals surface area contributed by atoms with Crippen LogP contribution in [0.1, 0.15) is 47.7 Å². The first-order valence-electron chi connectivity index (χ1n) is 9.57. The van der Waals surface area contributed by atoms with Gasteiger partial charge in [0.05, 0.1) is 12.7 Å². The number of rotatable bonds is 5. The summed E-state index contributed by atoms with van der Waals surface area (Å²) in [6.45, 7) is 5.42. The number of nitrogens with zero attached hydrogens (tertiary/aromatic N) is 2. The van der Waals surface area contributed by atoms with Crippen molar-refractivity contribution < 1.29 is 13.9 Å². The lowest BCUT2D eigenvalue weighted by Crippen LogP contribution is -2.36. The Morgan fingerprint density at radius 1 is 1.29 bits per heavy atom. The van der Waals surface area contributed by atoms with Gasteiger partial charge in [0.1, 0.15) is 5.82 Å². The summed E-state index contributed by atoms with van der Waals surface area (Å²) in [6.07, 6.45) is 8.69. The predicted octanol–water partition coefficient (Wildman–Crippen LogP) is 4.94. The second-order valence-corrected chi connectivity index (χ2v) is 6.89. The molecule has 2 aromatic rings. The number of amides is 1. The lowest BCUT2D eigenvalue weighted by atomic mass is 10.0. The molecule has 0 aliphatic carbocycles. The number of halogens is 1. The summed E-state index contributed by atoms with van der Waals surface area (Å²) in [7, 11) is 1.43. The van der Waals surface area contributed by atoms with Crippen molar-refractivity contribution in [1.82, 2.24) is 9.88 Å². The Morgan fingerprint density at radius 3 is 2.68 bits per heavy atom. The Balaban J connectivity index is 1.93. The number of aromatic nitrogens is 1. The van der Waals surface area contributed by atoms with E-state index in [1.807, 2.05) is 30.9 Å². The van der Waals surface area contributed by atoms with Crippen molar-refractivity contribution in [3.63, 3.8) is 0 Å². The van der Waals surface area contributed by atoms with Gasteiger partial charge >= 0.3 is 0 Å². The van der Waals surface area contributed by atoms with Crippen LogP contribution in [0.5, 0.6) is 5.75 Å². The highest BCUT2D eigenvalue weighted by molar-refractivity contribution is 5.97. The van der Waals surface area contributed by atoms with Gasteiger partial charge in [-0.15, -0.1) is 0 Å². The van der Waals surface area contributed by atoms with Gasteiger partial charge in [-0.3, -0.25) is 4.79 Å². The Hall–Kier alpha value is -2.89. The van der Waals surface area contributed by atoms with E-state index >= 15 is 0 Å². The number of anilines is 2. The number of allylic oxidation sites excluding steroid dienone is 1. The van der Waals surface area contributed by atoms with E-state index in [1.54, 1.807) is 18.3 Å². The standard InChI is InChI=1S/C22H26FN3O2/c1-4-8-17-15(2)18(22(27)26-11-6-5-7-12-26)14-24-21(17)25-16-9-10-20(28-3)19(23)13-16/h4,8-10,13-14H,5-7,11-12H2,1-3H3,(H,24,25)/b8-4-.